The van der Waals surface area contributed by atoms with E-state index in [9.17, 15) is 0 Å². The Labute approximate surface area is 297 Å². The summed E-state index contributed by atoms with van der Waals surface area (Å²) in [5, 5.41) is 7.39. The molecule has 1 aliphatic rings. The average molecular weight is 651 g/mol. The predicted molar refractivity (Wildman–Crippen MR) is 216 cm³/mol. The molecule has 0 bridgehead atoms. The van der Waals surface area contributed by atoms with E-state index in [4.69, 9.17) is 4.98 Å². The first-order valence-corrected chi connectivity index (χ1v) is 17.7. The molecule has 0 N–H and O–H groups in total. The van der Waals surface area contributed by atoms with E-state index in [2.05, 4.69) is 181 Å². The van der Waals surface area contributed by atoms with Gasteiger partial charge in [-0.1, -0.05) is 146 Å². The van der Waals surface area contributed by atoms with Crippen LogP contribution in [0.2, 0.25) is 0 Å². The number of allylic oxidation sites excluding steroid dienone is 4. The fraction of sp³-hybridized carbons (Fsp3) is 0.0408. The molecule has 1 unspecified atom stereocenters. The highest BCUT2D eigenvalue weighted by molar-refractivity contribution is 6.22. The Morgan fingerprint density at radius 2 is 1.12 bits per heavy atom. The summed E-state index contributed by atoms with van der Waals surface area (Å²) in [5.74, 6) is 0.399. The van der Waals surface area contributed by atoms with Crippen molar-refractivity contribution < 1.29 is 0 Å². The molecule has 7 aromatic carbocycles. The molecule has 9 aromatic rings. The smallest absolute Gasteiger partial charge is 0.145 e. The maximum absolute atomic E-state index is 4.94. The van der Waals surface area contributed by atoms with Crippen LogP contribution in [-0.4, -0.2) is 9.55 Å². The van der Waals surface area contributed by atoms with E-state index < -0.39 is 0 Å². The van der Waals surface area contributed by atoms with Gasteiger partial charge in [0.2, 0.25) is 0 Å². The molecule has 1 aliphatic carbocycles. The second-order valence-corrected chi connectivity index (χ2v) is 13.5. The van der Waals surface area contributed by atoms with Gasteiger partial charge in [0.1, 0.15) is 5.65 Å². The van der Waals surface area contributed by atoms with E-state index in [0.717, 1.165) is 28.7 Å². The molecule has 0 saturated carbocycles. The third-order valence-electron chi connectivity index (χ3n) is 10.5. The van der Waals surface area contributed by atoms with Crippen molar-refractivity contribution in [2.75, 3.05) is 0 Å². The molecule has 0 amide bonds. The monoisotopic (exact) mass is 650 g/mol. The summed E-state index contributed by atoms with van der Waals surface area (Å²) in [4.78, 5) is 4.94. The largest absolute Gasteiger partial charge is 0.294 e. The van der Waals surface area contributed by atoms with Crippen LogP contribution in [0.5, 0.6) is 0 Å². The lowest BCUT2D eigenvalue weighted by Crippen LogP contribution is -1.97. The van der Waals surface area contributed by atoms with E-state index >= 15 is 0 Å². The molecular formula is C49H34N2. The van der Waals surface area contributed by atoms with Crippen molar-refractivity contribution in [2.45, 2.75) is 12.3 Å². The number of fused-ring (bicyclic) bond motifs is 5. The first-order chi connectivity index (χ1) is 25.3. The minimum absolute atomic E-state index is 0.399. The van der Waals surface area contributed by atoms with E-state index in [0.29, 0.717) is 5.92 Å². The fourth-order valence-electron chi connectivity index (χ4n) is 8.22. The molecule has 2 heterocycles. The zero-order chi connectivity index (χ0) is 33.7. The van der Waals surface area contributed by atoms with Crippen LogP contribution in [0.25, 0.3) is 82.5 Å². The van der Waals surface area contributed by atoms with Crippen molar-refractivity contribution in [1.82, 2.24) is 9.55 Å². The highest BCUT2D eigenvalue weighted by atomic mass is 15.0. The third kappa shape index (κ3) is 4.91. The van der Waals surface area contributed by atoms with Crippen LogP contribution in [0.15, 0.2) is 188 Å². The number of benzene rings is 7. The van der Waals surface area contributed by atoms with Gasteiger partial charge in [-0.15, -0.1) is 0 Å². The Morgan fingerprint density at radius 1 is 0.471 bits per heavy atom. The van der Waals surface area contributed by atoms with Gasteiger partial charge in [0.15, 0.2) is 0 Å². The summed E-state index contributed by atoms with van der Waals surface area (Å²) < 4.78 is 2.31. The average Bonchev–Trinajstić information content (AvgIpc) is 3.54. The van der Waals surface area contributed by atoms with Crippen LogP contribution in [0.1, 0.15) is 17.9 Å². The maximum atomic E-state index is 4.94. The summed E-state index contributed by atoms with van der Waals surface area (Å²) in [6.45, 7) is 0. The molecule has 2 nitrogen and oxygen atoms in total. The van der Waals surface area contributed by atoms with Crippen LogP contribution in [0.4, 0.5) is 0 Å². The molecule has 10 rings (SSSR count). The summed E-state index contributed by atoms with van der Waals surface area (Å²) in [6.07, 6.45) is 11.8. The van der Waals surface area contributed by atoms with Gasteiger partial charge in [-0.3, -0.25) is 4.57 Å². The van der Waals surface area contributed by atoms with Gasteiger partial charge in [-0.25, -0.2) is 4.98 Å². The third-order valence-corrected chi connectivity index (χ3v) is 10.5. The molecule has 51 heavy (non-hydrogen) atoms. The summed E-state index contributed by atoms with van der Waals surface area (Å²) in [5.41, 5.74) is 12.0. The topological polar surface area (TPSA) is 17.8 Å². The Balaban J connectivity index is 1.19. The lowest BCUT2D eigenvalue weighted by Gasteiger charge is -2.19. The van der Waals surface area contributed by atoms with Crippen LogP contribution < -0.4 is 0 Å². The van der Waals surface area contributed by atoms with Gasteiger partial charge in [-0.2, -0.15) is 0 Å². The molecule has 0 spiro atoms. The summed E-state index contributed by atoms with van der Waals surface area (Å²) in [6, 6.07) is 57.6. The molecule has 2 aromatic heterocycles. The Bertz CT molecular complexity index is 2780. The second kappa shape index (κ2) is 12.1. The minimum Gasteiger partial charge on any atom is -0.294 e. The van der Waals surface area contributed by atoms with Crippen LogP contribution in [0, 0.1) is 0 Å². The van der Waals surface area contributed by atoms with E-state index in [1.54, 1.807) is 0 Å². The zero-order valence-corrected chi connectivity index (χ0v) is 28.1. The molecule has 0 radical (unpaired) electrons. The number of rotatable bonds is 5. The number of aromatic nitrogens is 2. The summed E-state index contributed by atoms with van der Waals surface area (Å²) >= 11 is 0. The van der Waals surface area contributed by atoms with Crippen molar-refractivity contribution in [2.24, 2.45) is 0 Å². The van der Waals surface area contributed by atoms with Crippen LogP contribution in [-0.2, 0) is 0 Å². The number of pyridine rings is 1. The van der Waals surface area contributed by atoms with Gasteiger partial charge in [0, 0.05) is 28.6 Å². The van der Waals surface area contributed by atoms with Gasteiger partial charge >= 0.3 is 0 Å². The van der Waals surface area contributed by atoms with Gasteiger partial charge in [0.05, 0.1) is 5.52 Å². The highest BCUT2D eigenvalue weighted by Crippen LogP contribution is 2.45. The zero-order valence-electron chi connectivity index (χ0n) is 28.1. The quantitative estimate of drug-likeness (QED) is 0.170. The van der Waals surface area contributed by atoms with E-state index in [1.807, 2.05) is 12.3 Å². The standard InChI is InChI=1S/C49H34N2/c1-3-14-33(15-4-1)35-18-11-20-37(30-35)47-40-22-7-9-24-42(40)48(43-25-10-8-23-41(43)47)38-27-28-46-45(32-38)44-26-13-29-50-49(44)51(46)39-21-12-19-36(31-39)34-16-5-2-6-17-34/h1-14,16-33H,15H2. The SMILES string of the molecule is C1=CCC(c2cccc(-c3c4ccccc4c(-c4ccc5c(c4)c4cccnc4n5-c4cccc(-c5ccccc5)c4)c4ccccc34)c2)C=C1. The molecule has 0 fully saturated rings. The van der Waals surface area contributed by atoms with E-state index in [1.165, 1.54) is 65.9 Å². The minimum atomic E-state index is 0.399. The van der Waals surface area contributed by atoms with Crippen molar-refractivity contribution in [3.05, 3.63) is 194 Å². The van der Waals surface area contributed by atoms with Crippen molar-refractivity contribution in [3.63, 3.8) is 0 Å². The normalized spacial score (nSPS) is 14.2. The Morgan fingerprint density at radius 3 is 1.84 bits per heavy atom. The molecule has 1 atom stereocenters. The number of hydrogen-bond acceptors (Lipinski definition) is 1. The van der Waals surface area contributed by atoms with Gasteiger partial charge < -0.3 is 0 Å². The Hall–Kier alpha value is -6.51. The first kappa shape index (κ1) is 29.4. The van der Waals surface area contributed by atoms with Gasteiger partial charge in [0.25, 0.3) is 0 Å². The molecular weight excluding hydrogens is 617 g/mol. The lowest BCUT2D eigenvalue weighted by atomic mass is 9.84. The van der Waals surface area contributed by atoms with Gasteiger partial charge in [-0.05, 0) is 103 Å². The molecule has 240 valence electrons. The highest BCUT2D eigenvalue weighted by Gasteiger charge is 2.20. The summed E-state index contributed by atoms with van der Waals surface area (Å²) in [7, 11) is 0. The van der Waals surface area contributed by atoms with Crippen molar-refractivity contribution in [1.29, 1.82) is 0 Å². The van der Waals surface area contributed by atoms with E-state index in [-0.39, 0.29) is 0 Å². The molecule has 0 saturated heterocycles. The predicted octanol–water partition coefficient (Wildman–Crippen LogP) is 13.1. The van der Waals surface area contributed by atoms with Crippen molar-refractivity contribution >= 4 is 43.5 Å². The Kier molecular flexibility index (Phi) is 6.99. The second-order valence-electron chi connectivity index (χ2n) is 13.5. The number of hydrogen-bond donors (Lipinski definition) is 0. The van der Waals surface area contributed by atoms with Crippen LogP contribution in [0.3, 0.4) is 0 Å². The number of nitrogens with zero attached hydrogens (tertiary/aromatic N) is 2. The van der Waals surface area contributed by atoms with Crippen molar-refractivity contribution in [3.8, 4) is 39.1 Å². The lowest BCUT2D eigenvalue weighted by molar-refractivity contribution is 0.854. The molecule has 0 aliphatic heterocycles. The fourth-order valence-corrected chi connectivity index (χ4v) is 8.22. The van der Waals surface area contributed by atoms with Crippen LogP contribution >= 0.6 is 0 Å². The maximum Gasteiger partial charge on any atom is 0.145 e. The molecule has 2 heteroatoms. The first-order valence-electron chi connectivity index (χ1n) is 17.7.